The maximum Gasteiger partial charge on any atom is 0.0483 e. The lowest BCUT2D eigenvalue weighted by atomic mass is 9.92. The second-order valence-electron chi connectivity index (χ2n) is 4.97. The fourth-order valence-electron chi connectivity index (χ4n) is 1.88. The molecular formula is C12H26N2O. The third-order valence-electron chi connectivity index (χ3n) is 3.22. The van der Waals surface area contributed by atoms with Crippen LogP contribution in [-0.2, 0) is 4.74 Å². The van der Waals surface area contributed by atoms with Gasteiger partial charge in [0, 0.05) is 18.8 Å². The largest absolute Gasteiger partial charge is 0.381 e. The number of nitrogens with one attached hydrogen (secondary N) is 2. The van der Waals surface area contributed by atoms with Crippen molar-refractivity contribution in [2.24, 2.45) is 5.92 Å². The van der Waals surface area contributed by atoms with Gasteiger partial charge in [0.25, 0.3) is 0 Å². The summed E-state index contributed by atoms with van der Waals surface area (Å²) in [5, 5.41) is 7.07. The van der Waals surface area contributed by atoms with Crippen LogP contribution in [0.3, 0.4) is 0 Å². The van der Waals surface area contributed by atoms with Crippen LogP contribution in [0.4, 0.5) is 0 Å². The zero-order chi connectivity index (χ0) is 11.1. The first kappa shape index (κ1) is 12.9. The van der Waals surface area contributed by atoms with Crippen molar-refractivity contribution in [3.8, 4) is 0 Å². The summed E-state index contributed by atoms with van der Waals surface area (Å²) in [6.45, 7) is 11.8. The van der Waals surface area contributed by atoms with Gasteiger partial charge in [0.15, 0.2) is 0 Å². The highest BCUT2D eigenvalue weighted by Gasteiger charge is 2.26. The standard InChI is InChI=1S/C12H26N2O/c1-4-13-9-11(2)10-14-12(3)5-7-15-8-6-12/h11,13-14H,4-10H2,1-3H3. The highest BCUT2D eigenvalue weighted by atomic mass is 16.5. The Morgan fingerprint density at radius 3 is 2.53 bits per heavy atom. The van der Waals surface area contributed by atoms with Gasteiger partial charge in [-0.2, -0.15) is 0 Å². The molecule has 1 atom stereocenters. The van der Waals surface area contributed by atoms with Crippen molar-refractivity contribution in [1.82, 2.24) is 10.6 Å². The van der Waals surface area contributed by atoms with E-state index in [0.29, 0.717) is 11.5 Å². The molecule has 0 aromatic heterocycles. The van der Waals surface area contributed by atoms with Crippen molar-refractivity contribution in [2.45, 2.75) is 39.2 Å². The highest BCUT2D eigenvalue weighted by molar-refractivity contribution is 4.85. The Morgan fingerprint density at radius 1 is 1.27 bits per heavy atom. The minimum Gasteiger partial charge on any atom is -0.381 e. The average molecular weight is 214 g/mol. The van der Waals surface area contributed by atoms with Crippen LogP contribution in [0.5, 0.6) is 0 Å². The molecule has 1 aliphatic rings. The second kappa shape index (κ2) is 6.46. The van der Waals surface area contributed by atoms with E-state index in [1.54, 1.807) is 0 Å². The maximum atomic E-state index is 5.38. The highest BCUT2D eigenvalue weighted by Crippen LogP contribution is 2.19. The number of hydrogen-bond donors (Lipinski definition) is 2. The van der Waals surface area contributed by atoms with Crippen LogP contribution >= 0.6 is 0 Å². The Balaban J connectivity index is 2.16. The molecule has 0 aromatic carbocycles. The third-order valence-corrected chi connectivity index (χ3v) is 3.22. The van der Waals surface area contributed by atoms with Gasteiger partial charge in [0.05, 0.1) is 0 Å². The Bertz CT molecular complexity index is 167. The van der Waals surface area contributed by atoms with E-state index in [4.69, 9.17) is 4.74 Å². The van der Waals surface area contributed by atoms with Gasteiger partial charge < -0.3 is 15.4 Å². The quantitative estimate of drug-likeness (QED) is 0.701. The SMILES string of the molecule is CCNCC(C)CNC1(C)CCOCC1. The van der Waals surface area contributed by atoms with Crippen LogP contribution < -0.4 is 10.6 Å². The van der Waals surface area contributed by atoms with Gasteiger partial charge in [-0.25, -0.2) is 0 Å². The van der Waals surface area contributed by atoms with Gasteiger partial charge in [-0.3, -0.25) is 0 Å². The van der Waals surface area contributed by atoms with E-state index in [-0.39, 0.29) is 0 Å². The molecule has 0 aliphatic carbocycles. The molecule has 0 bridgehead atoms. The lowest BCUT2D eigenvalue weighted by Gasteiger charge is -2.35. The molecule has 3 nitrogen and oxygen atoms in total. The molecule has 1 heterocycles. The third kappa shape index (κ3) is 4.96. The summed E-state index contributed by atoms with van der Waals surface area (Å²) in [5.74, 6) is 0.699. The Hall–Kier alpha value is -0.120. The lowest BCUT2D eigenvalue weighted by Crippen LogP contribution is -2.49. The summed E-state index contributed by atoms with van der Waals surface area (Å²) in [7, 11) is 0. The molecular weight excluding hydrogens is 188 g/mol. The molecule has 1 fully saturated rings. The Morgan fingerprint density at radius 2 is 1.93 bits per heavy atom. The van der Waals surface area contributed by atoms with Crippen LogP contribution in [0.1, 0.15) is 33.6 Å². The van der Waals surface area contributed by atoms with Crippen molar-refractivity contribution in [3.63, 3.8) is 0 Å². The van der Waals surface area contributed by atoms with E-state index in [1.807, 2.05) is 0 Å². The zero-order valence-corrected chi connectivity index (χ0v) is 10.4. The fraction of sp³-hybridized carbons (Fsp3) is 1.00. The first-order valence-electron chi connectivity index (χ1n) is 6.20. The normalized spacial score (nSPS) is 22.6. The maximum absolute atomic E-state index is 5.38. The number of hydrogen-bond acceptors (Lipinski definition) is 3. The van der Waals surface area contributed by atoms with Gasteiger partial charge in [0.2, 0.25) is 0 Å². The molecule has 1 aliphatic heterocycles. The van der Waals surface area contributed by atoms with Crippen molar-refractivity contribution in [2.75, 3.05) is 32.8 Å². The van der Waals surface area contributed by atoms with Crippen molar-refractivity contribution in [1.29, 1.82) is 0 Å². The number of ether oxygens (including phenoxy) is 1. The summed E-state index contributed by atoms with van der Waals surface area (Å²) < 4.78 is 5.38. The van der Waals surface area contributed by atoms with Crippen LogP contribution in [0, 0.1) is 5.92 Å². The van der Waals surface area contributed by atoms with Crippen molar-refractivity contribution >= 4 is 0 Å². The molecule has 0 aromatic rings. The van der Waals surface area contributed by atoms with Crippen LogP contribution in [0.2, 0.25) is 0 Å². The minimum absolute atomic E-state index is 0.304. The van der Waals surface area contributed by atoms with E-state index in [2.05, 4.69) is 31.4 Å². The zero-order valence-electron chi connectivity index (χ0n) is 10.4. The molecule has 1 rings (SSSR count). The molecule has 0 amide bonds. The van der Waals surface area contributed by atoms with Crippen molar-refractivity contribution in [3.05, 3.63) is 0 Å². The average Bonchev–Trinajstić information content (AvgIpc) is 2.25. The topological polar surface area (TPSA) is 33.3 Å². The van der Waals surface area contributed by atoms with Gasteiger partial charge in [-0.15, -0.1) is 0 Å². The molecule has 1 saturated heterocycles. The van der Waals surface area contributed by atoms with E-state index in [1.165, 1.54) is 0 Å². The smallest absolute Gasteiger partial charge is 0.0483 e. The molecule has 3 heteroatoms. The molecule has 90 valence electrons. The Kier molecular flexibility index (Phi) is 5.58. The summed E-state index contributed by atoms with van der Waals surface area (Å²) >= 11 is 0. The van der Waals surface area contributed by atoms with Gasteiger partial charge in [-0.05, 0) is 45.3 Å². The molecule has 0 radical (unpaired) electrons. The number of rotatable bonds is 6. The lowest BCUT2D eigenvalue weighted by molar-refractivity contribution is 0.0440. The predicted octanol–water partition coefficient (Wildman–Crippen LogP) is 1.39. The van der Waals surface area contributed by atoms with Gasteiger partial charge in [-0.1, -0.05) is 13.8 Å². The predicted molar refractivity (Wildman–Crippen MR) is 64.2 cm³/mol. The van der Waals surface area contributed by atoms with Gasteiger partial charge >= 0.3 is 0 Å². The minimum atomic E-state index is 0.304. The fourth-order valence-corrected chi connectivity index (χ4v) is 1.88. The summed E-state index contributed by atoms with van der Waals surface area (Å²) in [5.41, 5.74) is 0.304. The monoisotopic (exact) mass is 214 g/mol. The summed E-state index contributed by atoms with van der Waals surface area (Å²) in [6.07, 6.45) is 2.28. The van der Waals surface area contributed by atoms with Crippen LogP contribution in [0.15, 0.2) is 0 Å². The molecule has 1 unspecified atom stereocenters. The molecule has 0 spiro atoms. The van der Waals surface area contributed by atoms with Crippen molar-refractivity contribution < 1.29 is 4.74 Å². The van der Waals surface area contributed by atoms with E-state index < -0.39 is 0 Å². The second-order valence-corrected chi connectivity index (χ2v) is 4.97. The molecule has 0 saturated carbocycles. The van der Waals surface area contributed by atoms with E-state index in [0.717, 1.165) is 45.7 Å². The Labute approximate surface area is 94.0 Å². The summed E-state index contributed by atoms with van der Waals surface area (Å²) in [4.78, 5) is 0. The van der Waals surface area contributed by atoms with E-state index >= 15 is 0 Å². The molecule has 2 N–H and O–H groups in total. The van der Waals surface area contributed by atoms with Gasteiger partial charge in [0.1, 0.15) is 0 Å². The van der Waals surface area contributed by atoms with Crippen LogP contribution in [-0.4, -0.2) is 38.4 Å². The first-order valence-corrected chi connectivity index (χ1v) is 6.20. The first-order chi connectivity index (χ1) is 7.16. The van der Waals surface area contributed by atoms with Crippen LogP contribution in [0.25, 0.3) is 0 Å². The van der Waals surface area contributed by atoms with E-state index in [9.17, 15) is 0 Å². The summed E-state index contributed by atoms with van der Waals surface area (Å²) in [6, 6.07) is 0. The molecule has 15 heavy (non-hydrogen) atoms.